The number of aromatic nitrogens is 3. The number of hydrogen-bond donors (Lipinski definition) is 2. The maximum atomic E-state index is 13.2. The fourth-order valence-corrected chi connectivity index (χ4v) is 4.09. The number of carbonyl (C=O) groups is 2. The van der Waals surface area contributed by atoms with Gasteiger partial charge in [0.05, 0.1) is 23.6 Å². The molecule has 28 heavy (non-hydrogen) atoms. The average Bonchev–Trinajstić information content (AvgIpc) is 3.42. The predicted molar refractivity (Wildman–Crippen MR) is 100 cm³/mol. The van der Waals surface area contributed by atoms with Gasteiger partial charge in [-0.2, -0.15) is 5.10 Å². The topological polar surface area (TPSA) is 109 Å². The molecule has 148 valence electrons. The maximum absolute atomic E-state index is 13.2. The molecule has 1 aliphatic carbocycles. The molecule has 2 aromatic heterocycles. The molecule has 0 radical (unpaired) electrons. The molecule has 4 rings (SSSR count). The number of aliphatic carboxylic acids is 1. The molecule has 8 nitrogen and oxygen atoms in total. The minimum absolute atomic E-state index is 0.0209. The molecule has 1 saturated carbocycles. The van der Waals surface area contributed by atoms with Gasteiger partial charge in [-0.25, -0.2) is 9.67 Å². The van der Waals surface area contributed by atoms with Crippen LogP contribution in [0.1, 0.15) is 41.7 Å². The van der Waals surface area contributed by atoms with E-state index in [-0.39, 0.29) is 18.9 Å². The highest BCUT2D eigenvalue weighted by Crippen LogP contribution is 2.45. The zero-order chi connectivity index (χ0) is 19.9. The fourth-order valence-electron chi connectivity index (χ4n) is 4.09. The van der Waals surface area contributed by atoms with Crippen LogP contribution in [0.2, 0.25) is 0 Å². The van der Waals surface area contributed by atoms with Gasteiger partial charge in [0.2, 0.25) is 0 Å². The molecule has 2 aliphatic rings. The quantitative estimate of drug-likeness (QED) is 0.811. The summed E-state index contributed by atoms with van der Waals surface area (Å²) >= 11 is 0. The molecule has 2 aromatic rings. The molecule has 1 saturated heterocycles. The Hall–Kier alpha value is -2.74. The molecule has 2 fully saturated rings. The molecule has 0 aromatic carbocycles. The lowest BCUT2D eigenvalue weighted by atomic mass is 9.73. The molecule has 0 spiro atoms. The standard InChI is InChI=1S/C20H24N4O4/c1-13-15(11-22-24(13)17-4-2-3-8-21-17)18(26)23-9-7-16(25)20(12-23,19(27)28)10-14-5-6-14/h2-4,8,11,14,16,25H,5-7,9-10,12H2,1H3,(H,27,28)/t16-,20+/m0/s1. The maximum Gasteiger partial charge on any atom is 0.314 e. The van der Waals surface area contributed by atoms with Crippen LogP contribution in [0.25, 0.3) is 5.82 Å². The lowest BCUT2D eigenvalue weighted by molar-refractivity contribution is -0.163. The van der Waals surface area contributed by atoms with Crippen molar-refractivity contribution in [2.75, 3.05) is 13.1 Å². The lowest BCUT2D eigenvalue weighted by Gasteiger charge is -2.43. The van der Waals surface area contributed by atoms with Gasteiger partial charge in [-0.15, -0.1) is 0 Å². The summed E-state index contributed by atoms with van der Waals surface area (Å²) in [5.41, 5.74) is -0.217. The Morgan fingerprint density at radius 1 is 1.29 bits per heavy atom. The summed E-state index contributed by atoms with van der Waals surface area (Å²) in [5.74, 6) is -0.338. The van der Waals surface area contributed by atoms with Crippen LogP contribution >= 0.6 is 0 Å². The zero-order valence-corrected chi connectivity index (χ0v) is 15.8. The number of carboxylic acids is 1. The van der Waals surface area contributed by atoms with Gasteiger partial charge < -0.3 is 15.1 Å². The molecule has 8 heteroatoms. The normalized spacial score (nSPS) is 24.9. The first-order chi connectivity index (χ1) is 13.4. The number of hydrogen-bond acceptors (Lipinski definition) is 5. The second-order valence-corrected chi connectivity index (χ2v) is 7.88. The van der Waals surface area contributed by atoms with Crippen molar-refractivity contribution in [2.24, 2.45) is 11.3 Å². The number of likely N-dealkylation sites (tertiary alicyclic amines) is 1. The van der Waals surface area contributed by atoms with E-state index in [1.165, 1.54) is 6.20 Å². The number of amides is 1. The van der Waals surface area contributed by atoms with Crippen molar-refractivity contribution < 1.29 is 19.8 Å². The fraction of sp³-hybridized carbons (Fsp3) is 0.500. The van der Waals surface area contributed by atoms with Gasteiger partial charge in [0, 0.05) is 19.3 Å². The van der Waals surface area contributed by atoms with Gasteiger partial charge in [-0.05, 0) is 37.8 Å². The molecule has 1 aliphatic heterocycles. The summed E-state index contributed by atoms with van der Waals surface area (Å²) in [7, 11) is 0. The number of aliphatic hydroxyl groups is 1. The molecular formula is C20H24N4O4. The molecule has 3 heterocycles. The first kappa shape index (κ1) is 18.6. The van der Waals surface area contributed by atoms with Crippen molar-refractivity contribution in [3.05, 3.63) is 41.9 Å². The summed E-state index contributed by atoms with van der Waals surface area (Å²) in [6.07, 6.45) is 4.88. The van der Waals surface area contributed by atoms with Gasteiger partial charge in [-0.1, -0.05) is 18.9 Å². The van der Waals surface area contributed by atoms with Crippen LogP contribution in [0, 0.1) is 18.3 Å². The van der Waals surface area contributed by atoms with Crippen LogP contribution in [0.5, 0.6) is 0 Å². The number of carboxylic acid groups (broad SMARTS) is 1. The zero-order valence-electron chi connectivity index (χ0n) is 15.8. The van der Waals surface area contributed by atoms with E-state index in [1.807, 2.05) is 6.07 Å². The predicted octanol–water partition coefficient (Wildman–Crippen LogP) is 1.65. The first-order valence-electron chi connectivity index (χ1n) is 9.59. The third-order valence-corrected chi connectivity index (χ3v) is 5.95. The molecule has 0 unspecified atom stereocenters. The summed E-state index contributed by atoms with van der Waals surface area (Å²) in [6.45, 7) is 2.14. The van der Waals surface area contributed by atoms with Gasteiger partial charge in [0.15, 0.2) is 5.82 Å². The highest BCUT2D eigenvalue weighted by atomic mass is 16.4. The lowest BCUT2D eigenvalue weighted by Crippen LogP contribution is -2.57. The van der Waals surface area contributed by atoms with Crippen LogP contribution in [0.15, 0.2) is 30.6 Å². The molecule has 1 amide bonds. The Morgan fingerprint density at radius 2 is 2.07 bits per heavy atom. The second-order valence-electron chi connectivity index (χ2n) is 7.88. The Morgan fingerprint density at radius 3 is 2.71 bits per heavy atom. The van der Waals surface area contributed by atoms with Crippen molar-refractivity contribution in [1.82, 2.24) is 19.7 Å². The van der Waals surface area contributed by atoms with E-state index in [9.17, 15) is 19.8 Å². The summed E-state index contributed by atoms with van der Waals surface area (Å²) in [4.78, 5) is 31.1. The van der Waals surface area contributed by atoms with E-state index < -0.39 is 17.5 Å². The molecule has 0 bridgehead atoms. The van der Waals surface area contributed by atoms with E-state index in [0.29, 0.717) is 36.0 Å². The SMILES string of the molecule is Cc1c(C(=O)N2CC[C@H](O)[C@](CC3CC3)(C(=O)O)C2)cnn1-c1ccccn1. The molecule has 2 atom stereocenters. The van der Waals surface area contributed by atoms with Crippen LogP contribution in [-0.4, -0.2) is 60.9 Å². The summed E-state index contributed by atoms with van der Waals surface area (Å²) in [6, 6.07) is 5.45. The molecule has 2 N–H and O–H groups in total. The third kappa shape index (κ3) is 3.17. The minimum Gasteiger partial charge on any atom is -0.481 e. The minimum atomic E-state index is -1.29. The average molecular weight is 384 g/mol. The van der Waals surface area contributed by atoms with Gasteiger partial charge >= 0.3 is 5.97 Å². The number of nitrogens with zero attached hydrogens (tertiary/aromatic N) is 4. The van der Waals surface area contributed by atoms with Crippen molar-refractivity contribution in [3.63, 3.8) is 0 Å². The van der Waals surface area contributed by atoms with E-state index in [2.05, 4.69) is 10.1 Å². The molecular weight excluding hydrogens is 360 g/mol. The smallest absolute Gasteiger partial charge is 0.314 e. The van der Waals surface area contributed by atoms with Crippen LogP contribution in [0.4, 0.5) is 0 Å². The Bertz CT molecular complexity index is 893. The Balaban J connectivity index is 1.60. The first-order valence-corrected chi connectivity index (χ1v) is 9.59. The number of carbonyl (C=O) groups excluding carboxylic acids is 1. The van der Waals surface area contributed by atoms with Crippen molar-refractivity contribution in [2.45, 2.75) is 38.7 Å². The van der Waals surface area contributed by atoms with E-state index in [4.69, 9.17) is 0 Å². The number of aliphatic hydroxyl groups excluding tert-OH is 1. The van der Waals surface area contributed by atoms with Gasteiger partial charge in [0.1, 0.15) is 5.41 Å². The largest absolute Gasteiger partial charge is 0.481 e. The highest BCUT2D eigenvalue weighted by molar-refractivity contribution is 5.95. The number of piperidine rings is 1. The van der Waals surface area contributed by atoms with Gasteiger partial charge in [-0.3, -0.25) is 9.59 Å². The van der Waals surface area contributed by atoms with E-state index in [0.717, 1.165) is 12.8 Å². The third-order valence-electron chi connectivity index (χ3n) is 5.95. The number of pyridine rings is 1. The van der Waals surface area contributed by atoms with Crippen molar-refractivity contribution in [1.29, 1.82) is 0 Å². The van der Waals surface area contributed by atoms with Crippen LogP contribution in [0.3, 0.4) is 0 Å². The van der Waals surface area contributed by atoms with Crippen molar-refractivity contribution >= 4 is 11.9 Å². The van der Waals surface area contributed by atoms with Crippen molar-refractivity contribution in [3.8, 4) is 5.82 Å². The summed E-state index contributed by atoms with van der Waals surface area (Å²) in [5, 5.41) is 24.7. The summed E-state index contributed by atoms with van der Waals surface area (Å²) < 4.78 is 1.60. The Labute approximate surface area is 162 Å². The Kier molecular flexibility index (Phi) is 4.66. The van der Waals surface area contributed by atoms with E-state index >= 15 is 0 Å². The number of rotatable bonds is 5. The van der Waals surface area contributed by atoms with Crippen LogP contribution in [-0.2, 0) is 4.79 Å². The van der Waals surface area contributed by atoms with Gasteiger partial charge in [0.25, 0.3) is 5.91 Å². The highest BCUT2D eigenvalue weighted by Gasteiger charge is 2.52. The second kappa shape index (κ2) is 7.01. The monoisotopic (exact) mass is 384 g/mol. The van der Waals surface area contributed by atoms with E-state index in [1.54, 1.807) is 34.8 Å². The van der Waals surface area contributed by atoms with Crippen LogP contribution < -0.4 is 0 Å².